The summed E-state index contributed by atoms with van der Waals surface area (Å²) in [5.74, 6) is 1.91. The topological polar surface area (TPSA) is 59.1 Å². The molecule has 1 aromatic carbocycles. The van der Waals surface area contributed by atoms with Crippen LogP contribution < -0.4 is 20.8 Å². The van der Waals surface area contributed by atoms with Crippen molar-refractivity contribution in [2.24, 2.45) is 0 Å². The summed E-state index contributed by atoms with van der Waals surface area (Å²) in [5, 5.41) is 6.58. The van der Waals surface area contributed by atoms with Crippen molar-refractivity contribution in [1.29, 1.82) is 0 Å². The zero-order chi connectivity index (χ0) is 15.7. The van der Waals surface area contributed by atoms with Gasteiger partial charge < -0.3 is 15.4 Å². The number of rotatable bonds is 3. The summed E-state index contributed by atoms with van der Waals surface area (Å²) in [6, 6.07) is 3.82. The highest BCUT2D eigenvalue weighted by Crippen LogP contribution is 2.32. The van der Waals surface area contributed by atoms with Crippen molar-refractivity contribution in [2.45, 2.75) is 19.8 Å². The van der Waals surface area contributed by atoms with Gasteiger partial charge in [-0.25, -0.2) is 4.98 Å². The van der Waals surface area contributed by atoms with E-state index in [2.05, 4.69) is 20.6 Å². The summed E-state index contributed by atoms with van der Waals surface area (Å²) in [7, 11) is 7.91. The van der Waals surface area contributed by atoms with E-state index >= 15 is 0 Å². The Morgan fingerprint density at radius 1 is 1.32 bits per heavy atom. The van der Waals surface area contributed by atoms with E-state index in [0.29, 0.717) is 34.5 Å². The molecule has 0 unspecified atom stereocenters. The molecule has 2 radical (unpaired) electrons. The number of hydrogen-bond acceptors (Lipinski definition) is 5. The van der Waals surface area contributed by atoms with Crippen LogP contribution in [0.3, 0.4) is 0 Å². The molecule has 0 atom stereocenters. The minimum atomic E-state index is 0.428. The third-order valence-corrected chi connectivity index (χ3v) is 3.93. The van der Waals surface area contributed by atoms with Crippen LogP contribution in [0.25, 0.3) is 0 Å². The summed E-state index contributed by atoms with van der Waals surface area (Å²) < 4.78 is 5.62. The van der Waals surface area contributed by atoms with Crippen molar-refractivity contribution >= 4 is 42.4 Å². The predicted molar refractivity (Wildman–Crippen MR) is 90.3 cm³/mol. The Labute approximate surface area is 135 Å². The Morgan fingerprint density at radius 2 is 2.14 bits per heavy atom. The van der Waals surface area contributed by atoms with Crippen LogP contribution in [0.2, 0.25) is 5.02 Å². The molecule has 0 saturated carbocycles. The number of nitrogens with one attached hydrogen (secondary N) is 2. The van der Waals surface area contributed by atoms with Gasteiger partial charge in [0.25, 0.3) is 0 Å². The molecule has 0 bridgehead atoms. The van der Waals surface area contributed by atoms with Gasteiger partial charge in [-0.05, 0) is 36.9 Å². The second-order valence-electron chi connectivity index (χ2n) is 5.19. The smallest absolute Gasteiger partial charge is 0.229 e. The molecule has 7 heteroatoms. The summed E-state index contributed by atoms with van der Waals surface area (Å²) >= 11 is 6.35. The standard InChI is InChI=1S/C15H16BClN4O/c1-8-6-11(18-2)21-15(19-8)20-10-7-9-4-3-5-22-14(9)12(16)13(10)17/h6-7H,3-5H2,1-2H3,(H2,18,19,20,21). The van der Waals surface area contributed by atoms with Gasteiger partial charge in [-0.1, -0.05) is 11.6 Å². The molecule has 1 aliphatic rings. The van der Waals surface area contributed by atoms with Gasteiger partial charge in [-0.2, -0.15) is 4.98 Å². The molecule has 112 valence electrons. The van der Waals surface area contributed by atoms with Gasteiger partial charge in [0.15, 0.2) is 0 Å². The molecule has 1 aromatic heterocycles. The highest BCUT2D eigenvalue weighted by Gasteiger charge is 2.18. The average Bonchev–Trinajstić information content (AvgIpc) is 2.52. The zero-order valence-corrected chi connectivity index (χ0v) is 13.3. The molecule has 2 heterocycles. The second kappa shape index (κ2) is 6.05. The number of nitrogens with zero attached hydrogens (tertiary/aromatic N) is 2. The first-order chi connectivity index (χ1) is 10.6. The average molecular weight is 315 g/mol. The highest BCUT2D eigenvalue weighted by molar-refractivity contribution is 6.48. The molecule has 0 amide bonds. The van der Waals surface area contributed by atoms with E-state index in [0.717, 1.165) is 29.9 Å². The minimum Gasteiger partial charge on any atom is -0.494 e. The fourth-order valence-electron chi connectivity index (χ4n) is 2.48. The lowest BCUT2D eigenvalue weighted by atomic mass is 9.89. The Balaban J connectivity index is 1.99. The highest BCUT2D eigenvalue weighted by atomic mass is 35.5. The third kappa shape index (κ3) is 2.83. The van der Waals surface area contributed by atoms with Crippen LogP contribution >= 0.6 is 11.6 Å². The summed E-state index contributed by atoms with van der Waals surface area (Å²) in [6.45, 7) is 2.58. The molecular weight excluding hydrogens is 298 g/mol. The molecule has 22 heavy (non-hydrogen) atoms. The van der Waals surface area contributed by atoms with Crippen LogP contribution in [-0.2, 0) is 6.42 Å². The monoisotopic (exact) mass is 314 g/mol. The van der Waals surface area contributed by atoms with Crippen molar-refractivity contribution in [3.05, 3.63) is 28.4 Å². The van der Waals surface area contributed by atoms with E-state index in [1.807, 2.05) is 26.1 Å². The second-order valence-corrected chi connectivity index (χ2v) is 5.56. The zero-order valence-electron chi connectivity index (χ0n) is 12.5. The summed E-state index contributed by atoms with van der Waals surface area (Å²) in [4.78, 5) is 8.73. The van der Waals surface area contributed by atoms with Gasteiger partial charge in [-0.3, -0.25) is 0 Å². The van der Waals surface area contributed by atoms with Crippen LogP contribution in [0.15, 0.2) is 12.1 Å². The largest absolute Gasteiger partial charge is 0.494 e. The lowest BCUT2D eigenvalue weighted by Crippen LogP contribution is -2.20. The number of ether oxygens (including phenoxy) is 1. The molecule has 2 N–H and O–H groups in total. The molecule has 3 rings (SSSR count). The van der Waals surface area contributed by atoms with Gasteiger partial charge in [0.1, 0.15) is 19.4 Å². The summed E-state index contributed by atoms with van der Waals surface area (Å²) in [5.41, 5.74) is 3.06. The van der Waals surface area contributed by atoms with E-state index in [-0.39, 0.29) is 0 Å². The maximum atomic E-state index is 6.35. The molecule has 5 nitrogen and oxygen atoms in total. The molecule has 0 spiro atoms. The van der Waals surface area contributed by atoms with Crippen molar-refractivity contribution < 1.29 is 4.74 Å². The minimum absolute atomic E-state index is 0.428. The number of aromatic nitrogens is 2. The fraction of sp³-hybridized carbons (Fsp3) is 0.333. The first-order valence-electron chi connectivity index (χ1n) is 7.12. The quantitative estimate of drug-likeness (QED) is 0.852. The lowest BCUT2D eigenvalue weighted by molar-refractivity contribution is 0.291. The van der Waals surface area contributed by atoms with E-state index in [4.69, 9.17) is 24.2 Å². The van der Waals surface area contributed by atoms with E-state index < -0.39 is 0 Å². The SMILES string of the molecule is [B]c1c(Cl)c(Nc2nc(C)cc(NC)n2)cc2c1OCCC2. The Kier molecular flexibility index (Phi) is 4.11. The molecule has 1 aliphatic heterocycles. The van der Waals surface area contributed by atoms with Crippen molar-refractivity contribution in [3.8, 4) is 5.75 Å². The van der Waals surface area contributed by atoms with Crippen LogP contribution in [0.1, 0.15) is 17.7 Å². The number of benzene rings is 1. The van der Waals surface area contributed by atoms with E-state index in [9.17, 15) is 0 Å². The fourth-order valence-corrected chi connectivity index (χ4v) is 2.67. The van der Waals surface area contributed by atoms with Gasteiger partial charge in [-0.15, -0.1) is 0 Å². The lowest BCUT2D eigenvalue weighted by Gasteiger charge is -2.22. The first kappa shape index (κ1) is 15.0. The third-order valence-electron chi connectivity index (χ3n) is 3.52. The summed E-state index contributed by atoms with van der Waals surface area (Å²) in [6.07, 6.45) is 1.89. The van der Waals surface area contributed by atoms with Gasteiger partial charge in [0.2, 0.25) is 5.95 Å². The maximum Gasteiger partial charge on any atom is 0.229 e. The van der Waals surface area contributed by atoms with Gasteiger partial charge in [0, 0.05) is 18.8 Å². The number of halogens is 1. The molecule has 0 saturated heterocycles. The maximum absolute atomic E-state index is 6.35. The predicted octanol–water partition coefficient (Wildman–Crippen LogP) is 2.34. The van der Waals surface area contributed by atoms with Crippen LogP contribution in [0.4, 0.5) is 17.5 Å². The molecule has 0 aliphatic carbocycles. The van der Waals surface area contributed by atoms with Gasteiger partial charge >= 0.3 is 0 Å². The number of aryl methyl sites for hydroxylation is 2. The normalized spacial score (nSPS) is 13.2. The number of anilines is 3. The molecule has 2 aromatic rings. The molecular formula is C15H16BClN4O. The molecule has 0 fully saturated rings. The number of hydrogen-bond donors (Lipinski definition) is 2. The van der Waals surface area contributed by atoms with Crippen LogP contribution in [0, 0.1) is 6.92 Å². The van der Waals surface area contributed by atoms with E-state index in [1.165, 1.54) is 0 Å². The van der Waals surface area contributed by atoms with Crippen LogP contribution in [-0.4, -0.2) is 31.5 Å². The number of fused-ring (bicyclic) bond motifs is 1. The Hall–Kier alpha value is -1.95. The van der Waals surface area contributed by atoms with Gasteiger partial charge in [0.05, 0.1) is 17.3 Å². The first-order valence-corrected chi connectivity index (χ1v) is 7.50. The van der Waals surface area contributed by atoms with Crippen molar-refractivity contribution in [3.63, 3.8) is 0 Å². The van der Waals surface area contributed by atoms with Crippen molar-refractivity contribution in [2.75, 3.05) is 24.3 Å². The van der Waals surface area contributed by atoms with E-state index in [1.54, 1.807) is 0 Å². The Morgan fingerprint density at radius 3 is 2.91 bits per heavy atom. The van der Waals surface area contributed by atoms with Crippen LogP contribution in [0.5, 0.6) is 5.75 Å². The van der Waals surface area contributed by atoms with Crippen molar-refractivity contribution in [1.82, 2.24) is 9.97 Å². The Bertz CT molecular complexity index is 723.